The van der Waals surface area contributed by atoms with Gasteiger partial charge in [-0.25, -0.2) is 4.79 Å². The summed E-state index contributed by atoms with van der Waals surface area (Å²) < 4.78 is 9.92. The van der Waals surface area contributed by atoms with Gasteiger partial charge in [-0.05, 0) is 56.2 Å². The van der Waals surface area contributed by atoms with Gasteiger partial charge in [-0.1, -0.05) is 42.2 Å². The maximum atomic E-state index is 12.2. The summed E-state index contributed by atoms with van der Waals surface area (Å²) in [6, 6.07) is 15.1. The maximum Gasteiger partial charge on any atom is 0.338 e. The first-order valence-electron chi connectivity index (χ1n) is 9.19. The van der Waals surface area contributed by atoms with E-state index in [9.17, 15) is 9.59 Å². The van der Waals surface area contributed by atoms with E-state index in [0.717, 1.165) is 16.8 Å². The van der Waals surface area contributed by atoms with Gasteiger partial charge in [-0.15, -0.1) is 0 Å². The number of imidazole rings is 1. The number of carbonyl (C=O) groups excluding carboxylic acids is 2. The molecule has 1 radical (unpaired) electrons. The Morgan fingerprint density at radius 3 is 2.16 bits per heavy atom. The molecule has 31 heavy (non-hydrogen) atoms. The second-order valence-corrected chi connectivity index (χ2v) is 7.95. The third kappa shape index (κ3) is 6.65. The SMILES string of the molecule is CC(C)(C)C(=O)OCOC(=O)c1[n-]cnc1Nc1ccc(-c2ccc(Cl)cc2)cc1.[Ir]. The predicted octanol–water partition coefficient (Wildman–Crippen LogP) is 4.80. The molecule has 7 nitrogen and oxygen atoms in total. The minimum Gasteiger partial charge on any atom is -0.436 e. The van der Waals surface area contributed by atoms with Crippen LogP contribution >= 0.6 is 11.6 Å². The third-order valence-corrected chi connectivity index (χ3v) is 4.36. The molecule has 0 spiro atoms. The Morgan fingerprint density at radius 2 is 1.58 bits per heavy atom. The van der Waals surface area contributed by atoms with E-state index in [1.807, 2.05) is 48.5 Å². The number of nitrogens with zero attached hydrogens (tertiary/aromatic N) is 2. The molecule has 0 saturated carbocycles. The van der Waals surface area contributed by atoms with Crippen LogP contribution in [0.25, 0.3) is 11.1 Å². The topological polar surface area (TPSA) is 91.6 Å². The first kappa shape index (κ1) is 24.6. The number of hydrogen-bond acceptors (Lipinski definition) is 6. The minimum absolute atomic E-state index is 0. The van der Waals surface area contributed by atoms with Crippen LogP contribution in [-0.2, 0) is 34.4 Å². The fourth-order valence-corrected chi connectivity index (χ4v) is 2.58. The molecule has 3 rings (SSSR count). The van der Waals surface area contributed by atoms with E-state index in [-0.39, 0.29) is 31.6 Å². The molecule has 0 amide bonds. The molecule has 0 aliphatic carbocycles. The van der Waals surface area contributed by atoms with Gasteiger partial charge in [0.15, 0.2) is 0 Å². The summed E-state index contributed by atoms with van der Waals surface area (Å²) >= 11 is 5.93. The molecular formula is C22H21ClIrN3O4-. The van der Waals surface area contributed by atoms with Gasteiger partial charge in [0.05, 0.1) is 11.1 Å². The third-order valence-electron chi connectivity index (χ3n) is 4.11. The number of ether oxygens (including phenoxy) is 2. The summed E-state index contributed by atoms with van der Waals surface area (Å²) in [6.45, 7) is 4.64. The zero-order valence-electron chi connectivity index (χ0n) is 17.1. The summed E-state index contributed by atoms with van der Waals surface area (Å²) in [5.41, 5.74) is 2.10. The van der Waals surface area contributed by atoms with Crippen LogP contribution in [0.4, 0.5) is 11.5 Å². The molecule has 0 atom stereocenters. The standard InChI is InChI=1S/C22H22ClN3O4.Ir/c1-22(2,3)21(28)30-13-29-20(27)18-19(25-12-24-18)26-17-10-6-15(7-11-17)14-4-8-16(23)9-5-14;/h4-12H,13H2,1-3H3,(H2,24,25,26,27);/p-1. The van der Waals surface area contributed by atoms with Gasteiger partial charge in [-0.3, -0.25) is 4.79 Å². The van der Waals surface area contributed by atoms with Crippen molar-refractivity contribution < 1.29 is 39.2 Å². The van der Waals surface area contributed by atoms with Gasteiger partial charge >= 0.3 is 11.9 Å². The first-order chi connectivity index (χ1) is 14.2. The van der Waals surface area contributed by atoms with Crippen LogP contribution in [0.15, 0.2) is 54.9 Å². The van der Waals surface area contributed by atoms with E-state index < -0.39 is 24.1 Å². The Labute approximate surface area is 198 Å². The number of nitrogens with one attached hydrogen (secondary N) is 1. The van der Waals surface area contributed by atoms with Gasteiger partial charge < -0.3 is 24.8 Å². The van der Waals surface area contributed by atoms with Gasteiger partial charge in [0.25, 0.3) is 0 Å². The Kier molecular flexibility index (Phi) is 8.39. The molecule has 9 heteroatoms. The van der Waals surface area contributed by atoms with Crippen molar-refractivity contribution in [1.82, 2.24) is 9.97 Å². The van der Waals surface area contributed by atoms with E-state index in [4.69, 9.17) is 21.1 Å². The summed E-state index contributed by atoms with van der Waals surface area (Å²) in [5, 5.41) is 3.72. The van der Waals surface area contributed by atoms with Crippen molar-refractivity contribution in [2.24, 2.45) is 5.41 Å². The fourth-order valence-electron chi connectivity index (χ4n) is 2.45. The van der Waals surface area contributed by atoms with Crippen LogP contribution in [0.1, 0.15) is 31.3 Å². The zero-order valence-corrected chi connectivity index (χ0v) is 20.3. The largest absolute Gasteiger partial charge is 0.436 e. The number of esters is 2. The van der Waals surface area contributed by atoms with Crippen LogP contribution < -0.4 is 10.3 Å². The Hall–Kier alpha value is -2.67. The van der Waals surface area contributed by atoms with Crippen molar-refractivity contribution in [1.29, 1.82) is 0 Å². The molecule has 2 aromatic carbocycles. The van der Waals surface area contributed by atoms with E-state index in [2.05, 4.69) is 15.3 Å². The smallest absolute Gasteiger partial charge is 0.338 e. The number of benzene rings is 2. The number of halogens is 1. The second kappa shape index (κ2) is 10.6. The number of carbonyl (C=O) groups is 2. The molecule has 0 bridgehead atoms. The van der Waals surface area contributed by atoms with Gasteiger partial charge in [0.1, 0.15) is 0 Å². The van der Waals surface area contributed by atoms with Crippen molar-refractivity contribution >= 4 is 35.0 Å². The van der Waals surface area contributed by atoms with Crippen molar-refractivity contribution in [2.45, 2.75) is 20.8 Å². The van der Waals surface area contributed by atoms with Crippen LogP contribution in [0, 0.1) is 5.41 Å². The monoisotopic (exact) mass is 619 g/mol. The fraction of sp³-hybridized carbons (Fsp3) is 0.227. The van der Waals surface area contributed by atoms with Crippen molar-refractivity contribution in [3.05, 3.63) is 65.6 Å². The van der Waals surface area contributed by atoms with Gasteiger partial charge in [-0.2, -0.15) is 0 Å². The Bertz CT molecular complexity index is 1030. The molecule has 0 aliphatic heterocycles. The minimum atomic E-state index is -0.741. The molecular weight excluding hydrogens is 598 g/mol. The molecule has 1 N–H and O–H groups in total. The number of hydrogen-bond donors (Lipinski definition) is 1. The quantitative estimate of drug-likeness (QED) is 0.313. The summed E-state index contributed by atoms with van der Waals surface area (Å²) in [6.07, 6.45) is 1.25. The van der Waals surface area contributed by atoms with E-state index in [1.54, 1.807) is 20.8 Å². The van der Waals surface area contributed by atoms with Crippen molar-refractivity contribution in [2.75, 3.05) is 12.1 Å². The van der Waals surface area contributed by atoms with Crippen LogP contribution in [0.2, 0.25) is 5.02 Å². The normalized spacial score (nSPS) is 10.7. The molecule has 165 valence electrons. The second-order valence-electron chi connectivity index (χ2n) is 7.51. The molecule has 1 heterocycles. The average molecular weight is 619 g/mol. The maximum absolute atomic E-state index is 12.2. The first-order valence-corrected chi connectivity index (χ1v) is 9.57. The van der Waals surface area contributed by atoms with E-state index in [0.29, 0.717) is 5.02 Å². The molecule has 0 aliphatic rings. The van der Waals surface area contributed by atoms with Gasteiger partial charge in [0, 0.05) is 36.6 Å². The zero-order chi connectivity index (χ0) is 21.7. The molecule has 3 aromatic rings. The Morgan fingerprint density at radius 1 is 1.00 bits per heavy atom. The van der Waals surface area contributed by atoms with Crippen LogP contribution in [0.3, 0.4) is 0 Å². The molecule has 1 aromatic heterocycles. The van der Waals surface area contributed by atoms with Crippen LogP contribution in [-0.4, -0.2) is 23.7 Å². The summed E-state index contributed by atoms with van der Waals surface area (Å²) in [7, 11) is 0. The summed E-state index contributed by atoms with van der Waals surface area (Å²) in [5.74, 6) is -0.959. The van der Waals surface area contributed by atoms with Crippen molar-refractivity contribution in [3.8, 4) is 11.1 Å². The number of rotatable bonds is 6. The number of aromatic nitrogens is 2. The molecule has 0 saturated heterocycles. The van der Waals surface area contributed by atoms with Crippen molar-refractivity contribution in [3.63, 3.8) is 0 Å². The number of anilines is 2. The predicted molar refractivity (Wildman–Crippen MR) is 114 cm³/mol. The van der Waals surface area contributed by atoms with E-state index in [1.165, 1.54) is 6.33 Å². The van der Waals surface area contributed by atoms with Crippen LogP contribution in [0.5, 0.6) is 0 Å². The van der Waals surface area contributed by atoms with E-state index >= 15 is 0 Å². The Balaban J connectivity index is 0.00000341. The molecule has 0 fully saturated rings. The van der Waals surface area contributed by atoms with Gasteiger partial charge in [0.2, 0.25) is 6.79 Å². The average Bonchev–Trinajstić information content (AvgIpc) is 3.16. The summed E-state index contributed by atoms with van der Waals surface area (Å²) in [4.78, 5) is 32.0. The molecule has 0 unspecified atom stereocenters.